The van der Waals surface area contributed by atoms with E-state index in [2.05, 4.69) is 22.0 Å². The van der Waals surface area contributed by atoms with Crippen LogP contribution in [0.3, 0.4) is 0 Å². The van der Waals surface area contributed by atoms with Gasteiger partial charge in [-0.3, -0.25) is 4.79 Å². The Morgan fingerprint density at radius 1 is 1.41 bits per heavy atom. The number of halogens is 1. The molecule has 0 aliphatic carbocycles. The number of nitrogens with zero attached hydrogens (tertiary/aromatic N) is 1. The predicted octanol–water partition coefficient (Wildman–Crippen LogP) is 2.10. The summed E-state index contributed by atoms with van der Waals surface area (Å²) >= 11 is 3.43. The maximum Gasteiger partial charge on any atom is 0.254 e. The highest BCUT2D eigenvalue weighted by atomic mass is 79.9. The molecule has 0 radical (unpaired) electrons. The van der Waals surface area contributed by atoms with Crippen LogP contribution in [0.15, 0.2) is 22.7 Å². The second kappa shape index (κ2) is 4.42. The quantitative estimate of drug-likeness (QED) is 0.862. The van der Waals surface area contributed by atoms with Gasteiger partial charge in [-0.1, -0.05) is 22.0 Å². The number of fused-ring (bicyclic) bond motifs is 1. The molecular weight excluding hydrogens is 282 g/mol. The van der Waals surface area contributed by atoms with Crippen molar-refractivity contribution in [1.82, 2.24) is 4.90 Å². The summed E-state index contributed by atoms with van der Waals surface area (Å²) < 4.78 is 1.02. The predicted molar refractivity (Wildman–Crippen MR) is 69.6 cm³/mol. The third kappa shape index (κ3) is 2.69. The van der Waals surface area contributed by atoms with E-state index in [1.54, 1.807) is 4.90 Å². The summed E-state index contributed by atoms with van der Waals surface area (Å²) in [7, 11) is 0. The fourth-order valence-corrected chi connectivity index (χ4v) is 2.49. The topological polar surface area (TPSA) is 40.5 Å². The lowest BCUT2D eigenvalue weighted by Gasteiger charge is -2.33. The van der Waals surface area contributed by atoms with Crippen molar-refractivity contribution in [1.29, 1.82) is 0 Å². The lowest BCUT2D eigenvalue weighted by molar-refractivity contribution is -0.148. The number of hydrogen-bond donors (Lipinski definition) is 1. The van der Waals surface area contributed by atoms with E-state index in [4.69, 9.17) is 0 Å². The Kier molecular flexibility index (Phi) is 3.27. The molecule has 0 fully saturated rings. The van der Waals surface area contributed by atoms with E-state index in [0.717, 1.165) is 16.5 Å². The average Bonchev–Trinajstić information content (AvgIpc) is 2.25. The van der Waals surface area contributed by atoms with Gasteiger partial charge in [-0.15, -0.1) is 0 Å². The van der Waals surface area contributed by atoms with Crippen LogP contribution in [0.25, 0.3) is 0 Å². The third-order valence-electron chi connectivity index (χ3n) is 2.99. The van der Waals surface area contributed by atoms with E-state index in [9.17, 15) is 9.90 Å². The molecule has 1 heterocycles. The van der Waals surface area contributed by atoms with Crippen molar-refractivity contribution in [3.05, 3.63) is 33.8 Å². The monoisotopic (exact) mass is 297 g/mol. The Morgan fingerprint density at radius 3 is 2.76 bits per heavy atom. The first-order valence-electron chi connectivity index (χ1n) is 5.67. The van der Waals surface area contributed by atoms with Crippen molar-refractivity contribution in [3.8, 4) is 0 Å². The van der Waals surface area contributed by atoms with Crippen LogP contribution in [0.5, 0.6) is 0 Å². The first-order valence-corrected chi connectivity index (χ1v) is 6.46. The van der Waals surface area contributed by atoms with E-state index in [0.29, 0.717) is 13.1 Å². The van der Waals surface area contributed by atoms with Crippen molar-refractivity contribution >= 4 is 21.8 Å². The highest BCUT2D eigenvalue weighted by Crippen LogP contribution is 2.24. The first kappa shape index (κ1) is 12.6. The minimum absolute atomic E-state index is 0.205. The van der Waals surface area contributed by atoms with E-state index >= 15 is 0 Å². The fourth-order valence-electron chi connectivity index (χ4n) is 2.09. The van der Waals surface area contributed by atoms with Gasteiger partial charge in [0, 0.05) is 17.6 Å². The molecule has 92 valence electrons. The maximum atomic E-state index is 12.0. The van der Waals surface area contributed by atoms with Crippen LogP contribution >= 0.6 is 15.9 Å². The standard InChI is InChI=1S/C13H16BrNO2/c1-13(2,17)12(16)15-6-5-9-3-4-11(14)7-10(9)8-15/h3-4,7,17H,5-6,8H2,1-2H3. The zero-order chi connectivity index (χ0) is 12.6. The summed E-state index contributed by atoms with van der Waals surface area (Å²) in [5.74, 6) is -0.205. The van der Waals surface area contributed by atoms with Gasteiger partial charge in [0.05, 0.1) is 0 Å². The maximum absolute atomic E-state index is 12.0. The number of rotatable bonds is 1. The van der Waals surface area contributed by atoms with Crippen molar-refractivity contribution in [2.75, 3.05) is 6.54 Å². The summed E-state index contributed by atoms with van der Waals surface area (Å²) in [5, 5.41) is 9.74. The highest BCUT2D eigenvalue weighted by Gasteiger charge is 2.31. The van der Waals surface area contributed by atoms with Gasteiger partial charge < -0.3 is 10.0 Å². The number of benzene rings is 1. The summed E-state index contributed by atoms with van der Waals surface area (Å²) in [5.41, 5.74) is 1.15. The summed E-state index contributed by atoms with van der Waals surface area (Å²) in [6, 6.07) is 6.15. The molecule has 1 aliphatic rings. The van der Waals surface area contributed by atoms with Crippen LogP contribution < -0.4 is 0 Å². The van der Waals surface area contributed by atoms with Crippen LogP contribution in [-0.2, 0) is 17.8 Å². The van der Waals surface area contributed by atoms with Crippen molar-refractivity contribution in [3.63, 3.8) is 0 Å². The van der Waals surface area contributed by atoms with E-state index in [1.807, 2.05) is 12.1 Å². The van der Waals surface area contributed by atoms with Crippen molar-refractivity contribution in [2.45, 2.75) is 32.4 Å². The average molecular weight is 298 g/mol. The minimum atomic E-state index is -1.29. The number of aliphatic hydroxyl groups is 1. The molecule has 0 saturated carbocycles. The Morgan fingerprint density at radius 2 is 2.12 bits per heavy atom. The number of carbonyl (C=O) groups is 1. The van der Waals surface area contributed by atoms with Crippen LogP contribution in [-0.4, -0.2) is 28.1 Å². The lowest BCUT2D eigenvalue weighted by atomic mass is 9.98. The second-order valence-corrected chi connectivity index (χ2v) is 5.86. The molecule has 0 spiro atoms. The van der Waals surface area contributed by atoms with Crippen LogP contribution in [0.1, 0.15) is 25.0 Å². The molecule has 0 bridgehead atoms. The smallest absolute Gasteiger partial charge is 0.254 e. The third-order valence-corrected chi connectivity index (χ3v) is 3.48. The van der Waals surface area contributed by atoms with E-state index in [1.165, 1.54) is 19.4 Å². The number of hydrogen-bond acceptors (Lipinski definition) is 2. The van der Waals surface area contributed by atoms with Gasteiger partial charge in [0.15, 0.2) is 0 Å². The van der Waals surface area contributed by atoms with Gasteiger partial charge >= 0.3 is 0 Å². The summed E-state index contributed by atoms with van der Waals surface area (Å²) in [4.78, 5) is 13.7. The van der Waals surface area contributed by atoms with Gasteiger partial charge in [0.1, 0.15) is 5.60 Å². The molecule has 2 rings (SSSR count). The molecule has 0 aromatic heterocycles. The van der Waals surface area contributed by atoms with Gasteiger partial charge in [0.2, 0.25) is 0 Å². The molecule has 1 amide bonds. The molecule has 17 heavy (non-hydrogen) atoms. The molecule has 0 atom stereocenters. The molecule has 1 aromatic rings. The first-order chi connectivity index (χ1) is 7.88. The highest BCUT2D eigenvalue weighted by molar-refractivity contribution is 9.10. The largest absolute Gasteiger partial charge is 0.381 e. The van der Waals surface area contributed by atoms with Gasteiger partial charge in [-0.2, -0.15) is 0 Å². The Hall–Kier alpha value is -0.870. The van der Waals surface area contributed by atoms with E-state index < -0.39 is 5.60 Å². The van der Waals surface area contributed by atoms with Crippen LogP contribution in [0, 0.1) is 0 Å². The Balaban J connectivity index is 2.21. The summed E-state index contributed by atoms with van der Waals surface area (Å²) in [6.45, 7) is 4.33. The minimum Gasteiger partial charge on any atom is -0.381 e. The molecule has 1 aliphatic heterocycles. The lowest BCUT2D eigenvalue weighted by Crippen LogP contribution is -2.47. The molecular formula is C13H16BrNO2. The summed E-state index contributed by atoms with van der Waals surface area (Å²) in [6.07, 6.45) is 0.852. The van der Waals surface area contributed by atoms with E-state index in [-0.39, 0.29) is 5.91 Å². The molecule has 1 aromatic carbocycles. The fraction of sp³-hybridized carbons (Fsp3) is 0.462. The Bertz CT molecular complexity index is 451. The molecule has 0 unspecified atom stereocenters. The Labute approximate surface area is 110 Å². The van der Waals surface area contributed by atoms with Crippen LogP contribution in [0.4, 0.5) is 0 Å². The number of carbonyl (C=O) groups excluding carboxylic acids is 1. The zero-order valence-corrected chi connectivity index (χ0v) is 11.6. The SMILES string of the molecule is CC(C)(O)C(=O)N1CCc2ccc(Br)cc2C1. The zero-order valence-electron chi connectivity index (χ0n) is 10.0. The molecule has 0 saturated heterocycles. The normalized spacial score (nSPS) is 15.6. The second-order valence-electron chi connectivity index (χ2n) is 4.95. The van der Waals surface area contributed by atoms with Crippen LogP contribution in [0.2, 0.25) is 0 Å². The van der Waals surface area contributed by atoms with Gasteiger partial charge in [-0.05, 0) is 43.5 Å². The van der Waals surface area contributed by atoms with Gasteiger partial charge in [-0.25, -0.2) is 0 Å². The molecule has 4 heteroatoms. The van der Waals surface area contributed by atoms with Crippen molar-refractivity contribution < 1.29 is 9.90 Å². The van der Waals surface area contributed by atoms with Gasteiger partial charge in [0.25, 0.3) is 5.91 Å². The molecule has 1 N–H and O–H groups in total. The number of amides is 1. The molecule has 3 nitrogen and oxygen atoms in total. The van der Waals surface area contributed by atoms with Crippen molar-refractivity contribution in [2.24, 2.45) is 0 Å².